The summed E-state index contributed by atoms with van der Waals surface area (Å²) in [7, 11) is -1.34. The molecule has 9 aromatic rings. The minimum absolute atomic E-state index is 0.0930. The molecule has 2 fully saturated rings. The molecule has 2 amide bonds. The number of ether oxygens (including phenoxy) is 5. The van der Waals surface area contributed by atoms with Crippen molar-refractivity contribution < 1.29 is 50.3 Å². The lowest BCUT2D eigenvalue weighted by molar-refractivity contribution is -0.112. The van der Waals surface area contributed by atoms with Crippen LogP contribution in [0.4, 0.5) is 16.0 Å². The van der Waals surface area contributed by atoms with Gasteiger partial charge in [0.25, 0.3) is 21.9 Å². The Kier molecular flexibility index (Phi) is 15.1. The zero-order valence-corrected chi connectivity index (χ0v) is 44.6. The van der Waals surface area contributed by atoms with Crippen LogP contribution >= 0.6 is 0 Å². The van der Waals surface area contributed by atoms with Gasteiger partial charge in [-0.05, 0) is 78.1 Å². The molecule has 2 aliphatic heterocycles. The molecule has 0 aliphatic carbocycles. The van der Waals surface area contributed by atoms with Crippen molar-refractivity contribution in [1.82, 2.24) is 39.0 Å². The van der Waals surface area contributed by atoms with Gasteiger partial charge in [-0.3, -0.25) is 22.9 Å². The molecule has 2 unspecified atom stereocenters. The van der Waals surface area contributed by atoms with Crippen molar-refractivity contribution in [2.24, 2.45) is 5.92 Å². The lowest BCUT2D eigenvalue weighted by atomic mass is 9.79. The van der Waals surface area contributed by atoms with Crippen LogP contribution in [0.2, 0.25) is 0 Å². The third-order valence-electron chi connectivity index (χ3n) is 14.6. The van der Waals surface area contributed by atoms with Gasteiger partial charge < -0.3 is 34.3 Å². The van der Waals surface area contributed by atoms with Gasteiger partial charge in [0.15, 0.2) is 52.6 Å². The summed E-state index contributed by atoms with van der Waals surface area (Å²) in [6.07, 6.45) is -3.26. The van der Waals surface area contributed by atoms with E-state index in [1.807, 2.05) is 91.9 Å². The topological polar surface area (TPSA) is 235 Å². The summed E-state index contributed by atoms with van der Waals surface area (Å²) in [5.74, 6) is -0.499. The number of nitrogens with one attached hydrogen (secondary N) is 2. The Bertz CT molecular complexity index is 3700. The van der Waals surface area contributed by atoms with Gasteiger partial charge in [0.05, 0.1) is 44.8 Å². The van der Waals surface area contributed by atoms with Crippen molar-refractivity contribution in [3.8, 4) is 11.5 Å². The summed E-state index contributed by atoms with van der Waals surface area (Å²) < 4.78 is 86.5. The van der Waals surface area contributed by atoms with E-state index < -0.39 is 82.2 Å². The number of halogens is 1. The summed E-state index contributed by atoms with van der Waals surface area (Å²) in [6.45, 7) is 3.65. The average Bonchev–Trinajstić information content (AvgIpc) is 4.29. The van der Waals surface area contributed by atoms with E-state index in [2.05, 4.69) is 35.6 Å². The van der Waals surface area contributed by atoms with Gasteiger partial charge in [0, 0.05) is 17.0 Å². The SMILES string of the molecule is CC[C@H]1OC(n2cnc3c(NC(=O)c4ccccc4)ncnc32)[C@H](F)[C@@H]1OS(=O)(=O)CCC1O[C@@H](n2cnc3c(NC(=O)c4ccccc4)ncnc32)[C@H](OC(c2ccccc2)(c2ccc(OC)cc2)c2ccc(OC)cc2)[C@@H]1C. The molecule has 11 rings (SSSR count). The Morgan fingerprint density at radius 3 is 1.56 bits per heavy atom. The third kappa shape index (κ3) is 10.3. The van der Waals surface area contributed by atoms with Crippen LogP contribution in [0, 0.1) is 5.92 Å². The molecule has 20 nitrogen and oxygen atoms in total. The van der Waals surface area contributed by atoms with Gasteiger partial charge in [-0.15, -0.1) is 0 Å². The number of hydrogen-bond acceptors (Lipinski definition) is 16. The van der Waals surface area contributed by atoms with Crippen LogP contribution in [0.25, 0.3) is 22.3 Å². The third-order valence-corrected chi connectivity index (χ3v) is 15.8. The second-order valence-electron chi connectivity index (χ2n) is 19.3. The summed E-state index contributed by atoms with van der Waals surface area (Å²) in [5.41, 5.74) is 2.55. The number of methoxy groups -OCH3 is 2. The van der Waals surface area contributed by atoms with Crippen LogP contribution in [0.15, 0.2) is 165 Å². The van der Waals surface area contributed by atoms with E-state index in [-0.39, 0.29) is 41.2 Å². The highest BCUT2D eigenvalue weighted by atomic mass is 32.2. The van der Waals surface area contributed by atoms with Crippen molar-refractivity contribution in [1.29, 1.82) is 0 Å². The number of carbonyl (C=O) groups is 2. The Hall–Kier alpha value is -8.54. The van der Waals surface area contributed by atoms with Crippen LogP contribution < -0.4 is 20.1 Å². The van der Waals surface area contributed by atoms with Gasteiger partial charge in [0.1, 0.15) is 42.0 Å². The number of imidazole rings is 2. The molecule has 0 spiro atoms. The summed E-state index contributed by atoms with van der Waals surface area (Å²) in [4.78, 5) is 53.1. The van der Waals surface area contributed by atoms with Crippen molar-refractivity contribution in [2.75, 3.05) is 30.6 Å². The van der Waals surface area contributed by atoms with Gasteiger partial charge in [-0.25, -0.2) is 34.3 Å². The summed E-state index contributed by atoms with van der Waals surface area (Å²) in [6, 6.07) is 42.0. The second kappa shape index (κ2) is 22.7. The Balaban J connectivity index is 0.908. The van der Waals surface area contributed by atoms with E-state index in [0.29, 0.717) is 28.3 Å². The molecule has 80 heavy (non-hydrogen) atoms. The maximum atomic E-state index is 16.9. The number of anilines is 2. The van der Waals surface area contributed by atoms with E-state index in [4.69, 9.17) is 32.9 Å². The molecule has 8 atom stereocenters. The van der Waals surface area contributed by atoms with Gasteiger partial charge in [-0.1, -0.05) is 105 Å². The molecular formula is C58H55FN10O10S. The Morgan fingerprint density at radius 2 is 1.07 bits per heavy atom. The zero-order chi connectivity index (χ0) is 55.5. The Morgan fingerprint density at radius 1 is 0.613 bits per heavy atom. The number of amides is 2. The molecule has 410 valence electrons. The molecule has 0 saturated carbocycles. The number of benzene rings is 5. The predicted octanol–water partition coefficient (Wildman–Crippen LogP) is 8.85. The van der Waals surface area contributed by atoms with E-state index in [1.165, 1.54) is 29.9 Å². The van der Waals surface area contributed by atoms with Gasteiger partial charge in [0.2, 0.25) is 0 Å². The average molecular weight is 1100 g/mol. The first-order chi connectivity index (χ1) is 38.9. The highest BCUT2D eigenvalue weighted by molar-refractivity contribution is 7.86. The normalized spacial score (nSPS) is 21.2. The molecule has 0 radical (unpaired) electrons. The van der Waals surface area contributed by atoms with Crippen molar-refractivity contribution in [2.45, 2.75) is 75.3 Å². The molecule has 6 heterocycles. The molecule has 5 aromatic carbocycles. The van der Waals surface area contributed by atoms with E-state index in [9.17, 15) is 18.0 Å². The molecule has 2 N–H and O–H groups in total. The van der Waals surface area contributed by atoms with E-state index in [0.717, 1.165) is 16.7 Å². The summed E-state index contributed by atoms with van der Waals surface area (Å²) in [5, 5.41) is 5.60. The fourth-order valence-corrected chi connectivity index (χ4v) is 11.6. The minimum Gasteiger partial charge on any atom is -0.497 e. The largest absolute Gasteiger partial charge is 0.497 e. The lowest BCUT2D eigenvalue weighted by Gasteiger charge is -2.40. The number of aromatic nitrogens is 8. The molecule has 2 aliphatic rings. The standard InChI is InChI=1S/C58H55FN10O10S/c1-5-43-49(45(59)56(76-43)68-33-64-46-50(60-31-62-52(46)68)66-54(70)36-15-9-6-10-16-36)79-80(72,73)30-29-44-35(2)48(57(77-44)69-34-65-47-51(61-32-63-53(47)69)67-55(71)37-17-11-7-12-18-37)78-58(38-19-13-8-14-20-38,39-21-25-41(74-3)26-22-39)40-23-27-42(75-4)28-24-40/h6-28,31-35,43-45,48-49,56-57H,5,29-30H2,1-4H3,(H,60,62,66,70)(H,61,63,67,71)/t35-,43-,44?,45-,48-,49-,56?,57-/m1/s1. The first-order valence-corrected chi connectivity index (χ1v) is 27.4. The first-order valence-electron chi connectivity index (χ1n) is 25.9. The van der Waals surface area contributed by atoms with E-state index >= 15 is 4.39 Å². The highest BCUT2D eigenvalue weighted by Crippen LogP contribution is 2.49. The molecule has 2 saturated heterocycles. The number of alkyl halides is 1. The highest BCUT2D eigenvalue weighted by Gasteiger charge is 2.52. The number of rotatable bonds is 19. The zero-order valence-electron chi connectivity index (χ0n) is 43.8. The van der Waals surface area contributed by atoms with Crippen LogP contribution in [0.5, 0.6) is 11.5 Å². The maximum absolute atomic E-state index is 16.9. The summed E-state index contributed by atoms with van der Waals surface area (Å²) >= 11 is 0. The quantitative estimate of drug-likeness (QED) is 0.0568. The number of carbonyl (C=O) groups excluding carboxylic acids is 2. The lowest BCUT2D eigenvalue weighted by Crippen LogP contribution is -2.41. The van der Waals surface area contributed by atoms with Crippen LogP contribution in [-0.4, -0.2) is 110 Å². The number of fused-ring (bicyclic) bond motifs is 2. The van der Waals surface area contributed by atoms with Crippen molar-refractivity contribution in [3.63, 3.8) is 0 Å². The van der Waals surface area contributed by atoms with Gasteiger partial charge >= 0.3 is 0 Å². The monoisotopic (exact) mass is 1100 g/mol. The van der Waals surface area contributed by atoms with E-state index in [1.54, 1.807) is 80.3 Å². The second-order valence-corrected chi connectivity index (χ2v) is 21.0. The molecule has 4 aromatic heterocycles. The molecular weight excluding hydrogens is 1050 g/mol. The van der Waals surface area contributed by atoms with Gasteiger partial charge in [-0.2, -0.15) is 8.42 Å². The number of nitrogens with zero attached hydrogens (tertiary/aromatic N) is 8. The fraction of sp³-hybridized carbons (Fsp3) is 0.276. The smallest absolute Gasteiger partial charge is 0.267 e. The molecule has 22 heteroatoms. The van der Waals surface area contributed by atoms with Crippen LogP contribution in [-0.2, 0) is 34.1 Å². The predicted molar refractivity (Wildman–Crippen MR) is 292 cm³/mol. The molecule has 0 bridgehead atoms. The van der Waals surface area contributed by atoms with Crippen LogP contribution in [0.1, 0.15) is 76.6 Å². The van der Waals surface area contributed by atoms with Crippen molar-refractivity contribution in [3.05, 3.63) is 193 Å². The van der Waals surface area contributed by atoms with Crippen LogP contribution in [0.3, 0.4) is 0 Å². The number of hydrogen-bond donors (Lipinski definition) is 2. The first kappa shape index (κ1) is 53.5. The fourth-order valence-electron chi connectivity index (χ4n) is 10.4. The Labute approximate surface area is 459 Å². The van der Waals surface area contributed by atoms with Crippen molar-refractivity contribution >= 4 is 55.9 Å². The maximum Gasteiger partial charge on any atom is 0.267 e. The minimum atomic E-state index is -4.52.